The number of rotatable bonds is 8. The molecule has 34 heavy (non-hydrogen) atoms. The van der Waals surface area contributed by atoms with E-state index in [2.05, 4.69) is 20.8 Å². The van der Waals surface area contributed by atoms with Gasteiger partial charge in [0.25, 0.3) is 5.91 Å². The van der Waals surface area contributed by atoms with Gasteiger partial charge < -0.3 is 10.1 Å². The molecule has 0 radical (unpaired) electrons. The van der Waals surface area contributed by atoms with Gasteiger partial charge in [-0.15, -0.1) is 5.10 Å². The molecule has 3 aromatic rings. The first-order valence-corrected chi connectivity index (χ1v) is 11.6. The van der Waals surface area contributed by atoms with Crippen LogP contribution in [0, 0.1) is 13.8 Å². The van der Waals surface area contributed by atoms with Crippen LogP contribution >= 0.6 is 0 Å². The molecule has 0 aliphatic rings. The number of nitrogens with one attached hydrogen (secondary N) is 1. The zero-order valence-corrected chi connectivity index (χ0v) is 19.9. The smallest absolute Gasteiger partial charge is 0.357 e. The number of aryl methyl sites for hydroxylation is 2. The molecular formula is C22H24N6O5S. The maximum atomic E-state index is 12.8. The van der Waals surface area contributed by atoms with Crippen molar-refractivity contribution in [3.8, 4) is 0 Å². The number of anilines is 1. The highest BCUT2D eigenvalue weighted by molar-refractivity contribution is 7.89. The van der Waals surface area contributed by atoms with E-state index in [1.165, 1.54) is 30.9 Å². The lowest BCUT2D eigenvalue weighted by Crippen LogP contribution is -2.24. The van der Waals surface area contributed by atoms with Crippen LogP contribution in [0.5, 0.6) is 0 Å². The Morgan fingerprint density at radius 1 is 1.12 bits per heavy atom. The first-order valence-electron chi connectivity index (χ1n) is 10.1. The Hall–Kier alpha value is -3.90. The molecule has 11 nitrogen and oxygen atoms in total. The van der Waals surface area contributed by atoms with E-state index in [0.717, 1.165) is 4.31 Å². The van der Waals surface area contributed by atoms with Crippen LogP contribution in [0.15, 0.2) is 53.4 Å². The van der Waals surface area contributed by atoms with E-state index in [1.807, 2.05) is 18.2 Å². The minimum Gasteiger partial charge on any atom is -0.451 e. The van der Waals surface area contributed by atoms with Crippen molar-refractivity contribution in [1.82, 2.24) is 24.5 Å². The summed E-state index contributed by atoms with van der Waals surface area (Å²) in [5.74, 6) is -1.09. The average Bonchev–Trinajstić information content (AvgIpc) is 3.23. The molecule has 1 heterocycles. The number of esters is 1. The fraction of sp³-hybridized carbons (Fsp3) is 0.227. The van der Waals surface area contributed by atoms with Crippen molar-refractivity contribution in [2.45, 2.75) is 18.7 Å². The van der Waals surface area contributed by atoms with Crippen molar-refractivity contribution in [3.05, 3.63) is 65.5 Å². The molecule has 0 unspecified atom stereocenters. The summed E-state index contributed by atoms with van der Waals surface area (Å²) in [4.78, 5) is 25.3. The third-order valence-electron chi connectivity index (χ3n) is 4.76. The molecule has 1 aromatic heterocycles. The van der Waals surface area contributed by atoms with E-state index in [1.54, 1.807) is 38.1 Å². The van der Waals surface area contributed by atoms with Crippen molar-refractivity contribution < 1.29 is 22.7 Å². The molecule has 12 heteroatoms. The molecule has 0 saturated heterocycles. The Kier molecular flexibility index (Phi) is 7.54. The molecule has 1 amide bonds. The van der Waals surface area contributed by atoms with E-state index >= 15 is 0 Å². The number of aromatic nitrogens is 4. The van der Waals surface area contributed by atoms with Gasteiger partial charge in [0, 0.05) is 19.8 Å². The lowest BCUT2D eigenvalue weighted by molar-refractivity contribution is -0.141. The normalized spacial score (nSPS) is 12.0. The lowest BCUT2D eigenvalue weighted by Gasteiger charge is -2.14. The number of sulfonamides is 1. The summed E-state index contributed by atoms with van der Waals surface area (Å²) < 4.78 is 32.3. The minimum absolute atomic E-state index is 0.0248. The molecule has 0 saturated carbocycles. The predicted molar refractivity (Wildman–Crippen MR) is 125 cm³/mol. The van der Waals surface area contributed by atoms with Crippen LogP contribution in [0.25, 0.3) is 11.8 Å². The SMILES string of the molecule is Cc1ccc(S(=O)(=O)N(C)C)cc1NC(=O)COC(=O)/C(=C/c1ccccc1)n1nnnc1C. The monoisotopic (exact) mass is 484 g/mol. The number of carbonyl (C=O) groups is 2. The molecule has 2 aromatic carbocycles. The van der Waals surface area contributed by atoms with Gasteiger partial charge in [0.05, 0.1) is 4.90 Å². The third-order valence-corrected chi connectivity index (χ3v) is 6.57. The summed E-state index contributed by atoms with van der Waals surface area (Å²) in [5.41, 5.74) is 1.67. The summed E-state index contributed by atoms with van der Waals surface area (Å²) in [6, 6.07) is 13.4. The Bertz CT molecular complexity index is 1330. The minimum atomic E-state index is -3.68. The van der Waals surface area contributed by atoms with Crippen LogP contribution < -0.4 is 5.32 Å². The van der Waals surface area contributed by atoms with Crippen molar-refractivity contribution in [3.63, 3.8) is 0 Å². The first-order chi connectivity index (χ1) is 16.1. The second kappa shape index (κ2) is 10.4. The number of nitrogens with zero attached hydrogens (tertiary/aromatic N) is 5. The summed E-state index contributed by atoms with van der Waals surface area (Å²) in [6.07, 6.45) is 1.54. The lowest BCUT2D eigenvalue weighted by atomic mass is 10.2. The first kappa shape index (κ1) is 24.7. The predicted octanol–water partition coefficient (Wildman–Crippen LogP) is 1.72. The Morgan fingerprint density at radius 3 is 2.44 bits per heavy atom. The molecule has 0 atom stereocenters. The van der Waals surface area contributed by atoms with Gasteiger partial charge in [-0.05, 0) is 53.6 Å². The quantitative estimate of drug-likeness (QED) is 0.377. The van der Waals surface area contributed by atoms with Crippen molar-refractivity contribution in [1.29, 1.82) is 0 Å². The number of ether oxygens (including phenoxy) is 1. The van der Waals surface area contributed by atoms with Crippen LogP contribution in [0.3, 0.4) is 0 Å². The van der Waals surface area contributed by atoms with E-state index in [4.69, 9.17) is 4.74 Å². The number of hydrogen-bond donors (Lipinski definition) is 1. The Balaban J connectivity index is 1.75. The van der Waals surface area contributed by atoms with Crippen LogP contribution in [0.2, 0.25) is 0 Å². The van der Waals surface area contributed by atoms with Crippen LogP contribution in [-0.4, -0.2) is 65.5 Å². The van der Waals surface area contributed by atoms with Gasteiger partial charge in [-0.25, -0.2) is 17.5 Å². The van der Waals surface area contributed by atoms with E-state index in [9.17, 15) is 18.0 Å². The maximum absolute atomic E-state index is 12.8. The van der Waals surface area contributed by atoms with E-state index < -0.39 is 28.5 Å². The summed E-state index contributed by atoms with van der Waals surface area (Å²) >= 11 is 0. The molecule has 3 rings (SSSR count). The van der Waals surface area contributed by atoms with Crippen molar-refractivity contribution >= 4 is 39.4 Å². The van der Waals surface area contributed by atoms with Crippen LogP contribution in [0.1, 0.15) is 17.0 Å². The van der Waals surface area contributed by atoms with E-state index in [-0.39, 0.29) is 10.6 Å². The molecule has 0 spiro atoms. The molecule has 0 bridgehead atoms. The second-order valence-electron chi connectivity index (χ2n) is 7.47. The summed E-state index contributed by atoms with van der Waals surface area (Å²) in [5, 5.41) is 13.7. The summed E-state index contributed by atoms with van der Waals surface area (Å²) in [6.45, 7) is 2.74. The highest BCUT2D eigenvalue weighted by Crippen LogP contribution is 2.22. The zero-order chi connectivity index (χ0) is 24.9. The fourth-order valence-corrected chi connectivity index (χ4v) is 3.79. The van der Waals surface area contributed by atoms with Crippen molar-refractivity contribution in [2.24, 2.45) is 0 Å². The Labute approximate surface area is 197 Å². The molecule has 1 N–H and O–H groups in total. The standard InChI is InChI=1S/C22H24N6O5S/c1-15-10-11-18(34(31,32)27(3)4)13-19(15)23-21(29)14-33-22(30)20(28-16(2)24-25-26-28)12-17-8-6-5-7-9-17/h5-13H,14H2,1-4H3,(H,23,29)/b20-12-. The molecule has 178 valence electrons. The van der Waals surface area contributed by atoms with Gasteiger partial charge in [0.1, 0.15) is 0 Å². The molecule has 0 fully saturated rings. The highest BCUT2D eigenvalue weighted by atomic mass is 32.2. The zero-order valence-electron chi connectivity index (χ0n) is 19.1. The highest BCUT2D eigenvalue weighted by Gasteiger charge is 2.21. The third kappa shape index (κ3) is 5.71. The fourth-order valence-electron chi connectivity index (χ4n) is 2.87. The number of tetrazole rings is 1. The summed E-state index contributed by atoms with van der Waals surface area (Å²) in [7, 11) is -0.847. The topological polar surface area (TPSA) is 136 Å². The van der Waals surface area contributed by atoms with Gasteiger partial charge in [-0.1, -0.05) is 36.4 Å². The number of carbonyl (C=O) groups excluding carboxylic acids is 2. The van der Waals surface area contributed by atoms with Gasteiger partial charge in [-0.3, -0.25) is 4.79 Å². The van der Waals surface area contributed by atoms with Gasteiger partial charge in [0.15, 0.2) is 18.1 Å². The second-order valence-corrected chi connectivity index (χ2v) is 9.62. The van der Waals surface area contributed by atoms with E-state index in [0.29, 0.717) is 22.6 Å². The van der Waals surface area contributed by atoms with Crippen LogP contribution in [0.4, 0.5) is 5.69 Å². The Morgan fingerprint density at radius 2 is 1.82 bits per heavy atom. The largest absolute Gasteiger partial charge is 0.451 e. The molecule has 0 aliphatic carbocycles. The number of amides is 1. The van der Waals surface area contributed by atoms with Gasteiger partial charge in [0.2, 0.25) is 10.0 Å². The van der Waals surface area contributed by atoms with Crippen LogP contribution in [-0.2, 0) is 24.3 Å². The molecular weight excluding hydrogens is 460 g/mol. The van der Waals surface area contributed by atoms with Gasteiger partial charge in [-0.2, -0.15) is 4.68 Å². The maximum Gasteiger partial charge on any atom is 0.357 e. The molecule has 0 aliphatic heterocycles. The van der Waals surface area contributed by atoms with Crippen molar-refractivity contribution in [2.75, 3.05) is 26.0 Å². The average molecular weight is 485 g/mol. The number of hydrogen-bond acceptors (Lipinski definition) is 8. The number of benzene rings is 2. The van der Waals surface area contributed by atoms with Gasteiger partial charge >= 0.3 is 5.97 Å².